The van der Waals surface area contributed by atoms with Gasteiger partial charge in [-0.05, 0) is 79.6 Å². The number of hydrogen-bond acceptors (Lipinski definition) is 3. The number of carbonyl (C=O) groups excluding carboxylic acids is 1. The average molecular weight is 432 g/mol. The van der Waals surface area contributed by atoms with E-state index in [4.69, 9.17) is 4.74 Å². The normalized spacial score (nSPS) is 19.5. The molecule has 0 saturated carbocycles. The molecule has 6 heteroatoms. The van der Waals surface area contributed by atoms with Gasteiger partial charge >= 0.3 is 0 Å². The molecular formula is C26H26FN3O2. The summed E-state index contributed by atoms with van der Waals surface area (Å²) in [4.78, 5) is 19.6. The number of hydrogen-bond donors (Lipinski definition) is 0. The Morgan fingerprint density at radius 2 is 2.06 bits per heavy atom. The van der Waals surface area contributed by atoms with Gasteiger partial charge in [0.25, 0.3) is 0 Å². The summed E-state index contributed by atoms with van der Waals surface area (Å²) in [5, 5.41) is 0. The van der Waals surface area contributed by atoms with Crippen LogP contribution in [0.15, 0.2) is 54.5 Å². The number of fused-ring (bicyclic) bond motifs is 1. The van der Waals surface area contributed by atoms with Crippen molar-refractivity contribution in [2.24, 2.45) is 0 Å². The minimum Gasteiger partial charge on any atom is -0.495 e. The van der Waals surface area contributed by atoms with Crippen molar-refractivity contribution in [3.05, 3.63) is 82.7 Å². The van der Waals surface area contributed by atoms with Crippen LogP contribution in [0, 0.1) is 12.7 Å². The number of nitrogens with zero attached hydrogens (tertiary/aromatic N) is 3. The lowest BCUT2D eigenvalue weighted by Gasteiger charge is -2.34. The van der Waals surface area contributed by atoms with Gasteiger partial charge < -0.3 is 14.2 Å². The fourth-order valence-corrected chi connectivity index (χ4v) is 4.89. The monoisotopic (exact) mass is 431 g/mol. The van der Waals surface area contributed by atoms with Gasteiger partial charge in [-0.1, -0.05) is 12.1 Å². The van der Waals surface area contributed by atoms with Gasteiger partial charge in [0.15, 0.2) is 0 Å². The van der Waals surface area contributed by atoms with E-state index in [1.54, 1.807) is 19.5 Å². The third-order valence-corrected chi connectivity index (χ3v) is 6.45. The molecule has 164 valence electrons. The van der Waals surface area contributed by atoms with E-state index in [-0.39, 0.29) is 17.8 Å². The zero-order valence-electron chi connectivity index (χ0n) is 18.3. The molecule has 1 fully saturated rings. The van der Waals surface area contributed by atoms with Crippen LogP contribution in [-0.2, 0) is 11.2 Å². The van der Waals surface area contributed by atoms with E-state index < -0.39 is 0 Å². The standard InChI is InChI=1S/C26H26FN3O2/c1-17-15-29(16-28-17)24-9-5-18(13-25(24)32-2)12-20-4-3-11-30(26(20)31)23-10-7-19-6-8-21(27)14-22(19)23/h5-6,8-9,12-16,23H,3-4,7,10-11H2,1-2H3/b20-12+/t23-/m0/s1. The van der Waals surface area contributed by atoms with Crippen LogP contribution in [0.5, 0.6) is 5.75 Å². The molecule has 0 spiro atoms. The molecule has 1 aliphatic heterocycles. The van der Waals surface area contributed by atoms with Crippen LogP contribution in [-0.4, -0.2) is 34.0 Å². The number of aromatic nitrogens is 2. The smallest absolute Gasteiger partial charge is 0.250 e. The van der Waals surface area contributed by atoms with Crippen molar-refractivity contribution in [1.82, 2.24) is 14.5 Å². The van der Waals surface area contributed by atoms with Crippen LogP contribution in [0.4, 0.5) is 4.39 Å². The van der Waals surface area contributed by atoms with E-state index in [1.165, 1.54) is 6.07 Å². The fourth-order valence-electron chi connectivity index (χ4n) is 4.89. The van der Waals surface area contributed by atoms with Crippen molar-refractivity contribution in [1.29, 1.82) is 0 Å². The molecular weight excluding hydrogens is 405 g/mol. The summed E-state index contributed by atoms with van der Waals surface area (Å²) in [5.74, 6) is 0.528. The molecule has 2 aliphatic rings. The molecule has 32 heavy (non-hydrogen) atoms. The number of likely N-dealkylation sites (tertiary alicyclic amines) is 1. The molecule has 1 aliphatic carbocycles. The summed E-state index contributed by atoms with van der Waals surface area (Å²) in [6.45, 7) is 2.65. The van der Waals surface area contributed by atoms with Gasteiger partial charge in [-0.15, -0.1) is 0 Å². The lowest BCUT2D eigenvalue weighted by atomic mass is 9.97. The molecule has 1 aromatic heterocycles. The topological polar surface area (TPSA) is 47.4 Å². The van der Waals surface area contributed by atoms with E-state index >= 15 is 0 Å². The highest BCUT2D eigenvalue weighted by atomic mass is 19.1. The van der Waals surface area contributed by atoms with Crippen LogP contribution in [0.3, 0.4) is 0 Å². The summed E-state index contributed by atoms with van der Waals surface area (Å²) in [7, 11) is 1.64. The van der Waals surface area contributed by atoms with Crippen LogP contribution in [0.2, 0.25) is 0 Å². The summed E-state index contributed by atoms with van der Waals surface area (Å²) in [6, 6.07) is 10.8. The number of rotatable bonds is 4. The average Bonchev–Trinajstić information content (AvgIpc) is 3.41. The van der Waals surface area contributed by atoms with Gasteiger partial charge in [0.05, 0.1) is 30.9 Å². The highest BCUT2D eigenvalue weighted by Crippen LogP contribution is 2.39. The van der Waals surface area contributed by atoms with Gasteiger partial charge in [0.2, 0.25) is 5.91 Å². The molecule has 2 heterocycles. The zero-order valence-corrected chi connectivity index (χ0v) is 18.3. The first-order valence-electron chi connectivity index (χ1n) is 11.0. The highest BCUT2D eigenvalue weighted by Gasteiger charge is 2.34. The Morgan fingerprint density at radius 1 is 1.19 bits per heavy atom. The van der Waals surface area contributed by atoms with Gasteiger partial charge in [-0.25, -0.2) is 9.37 Å². The maximum Gasteiger partial charge on any atom is 0.250 e. The lowest BCUT2D eigenvalue weighted by molar-refractivity contribution is -0.131. The molecule has 1 atom stereocenters. The number of carbonyl (C=O) groups is 1. The predicted molar refractivity (Wildman–Crippen MR) is 121 cm³/mol. The predicted octanol–water partition coefficient (Wildman–Crippen LogP) is 5.02. The maximum absolute atomic E-state index is 13.9. The Hall–Kier alpha value is -3.41. The number of benzene rings is 2. The summed E-state index contributed by atoms with van der Waals surface area (Å²) in [6.07, 6.45) is 9.05. The van der Waals surface area contributed by atoms with Crippen molar-refractivity contribution in [2.45, 2.75) is 38.6 Å². The molecule has 5 nitrogen and oxygen atoms in total. The first-order valence-corrected chi connectivity index (χ1v) is 11.0. The number of ether oxygens (including phenoxy) is 1. The largest absolute Gasteiger partial charge is 0.495 e. The number of imidazole rings is 1. The molecule has 0 N–H and O–H groups in total. The number of halogens is 1. The van der Waals surface area contributed by atoms with Crippen molar-refractivity contribution in [2.75, 3.05) is 13.7 Å². The summed E-state index contributed by atoms with van der Waals surface area (Å²) >= 11 is 0. The van der Waals surface area contributed by atoms with E-state index in [9.17, 15) is 9.18 Å². The first kappa shape index (κ1) is 20.5. The Balaban J connectivity index is 1.42. The Labute approximate surface area is 187 Å². The molecule has 1 saturated heterocycles. The van der Waals surface area contributed by atoms with E-state index in [2.05, 4.69) is 4.98 Å². The molecule has 5 rings (SSSR count). The van der Waals surface area contributed by atoms with Gasteiger partial charge in [-0.2, -0.15) is 0 Å². The molecule has 0 radical (unpaired) electrons. The zero-order chi connectivity index (χ0) is 22.2. The van der Waals surface area contributed by atoms with Crippen LogP contribution >= 0.6 is 0 Å². The van der Waals surface area contributed by atoms with E-state index in [0.29, 0.717) is 6.54 Å². The van der Waals surface area contributed by atoms with Gasteiger partial charge in [0, 0.05) is 18.3 Å². The minimum absolute atomic E-state index is 0.0432. The quantitative estimate of drug-likeness (QED) is 0.545. The van der Waals surface area contributed by atoms with Crippen LogP contribution in [0.1, 0.15) is 47.7 Å². The third-order valence-electron chi connectivity index (χ3n) is 6.45. The number of aryl methyl sites for hydroxylation is 2. The van der Waals surface area contributed by atoms with Gasteiger partial charge in [-0.3, -0.25) is 4.79 Å². The highest BCUT2D eigenvalue weighted by molar-refractivity contribution is 5.99. The lowest BCUT2D eigenvalue weighted by Crippen LogP contribution is -2.39. The van der Waals surface area contributed by atoms with Crippen molar-refractivity contribution >= 4 is 12.0 Å². The summed E-state index contributed by atoms with van der Waals surface area (Å²) in [5.41, 5.74) is 5.65. The maximum atomic E-state index is 13.9. The van der Waals surface area contributed by atoms with E-state index in [0.717, 1.165) is 65.1 Å². The number of piperidine rings is 1. The van der Waals surface area contributed by atoms with Crippen molar-refractivity contribution in [3.8, 4) is 11.4 Å². The third kappa shape index (κ3) is 3.70. The Morgan fingerprint density at radius 3 is 2.84 bits per heavy atom. The van der Waals surface area contributed by atoms with Crippen LogP contribution in [0.25, 0.3) is 11.8 Å². The van der Waals surface area contributed by atoms with Crippen molar-refractivity contribution in [3.63, 3.8) is 0 Å². The second kappa shape index (κ2) is 8.26. The number of methoxy groups -OCH3 is 1. The molecule has 0 unspecified atom stereocenters. The Kier molecular flexibility index (Phi) is 5.29. The summed E-state index contributed by atoms with van der Waals surface area (Å²) < 4.78 is 21.4. The van der Waals surface area contributed by atoms with Gasteiger partial charge in [0.1, 0.15) is 11.6 Å². The molecule has 0 bridgehead atoms. The van der Waals surface area contributed by atoms with Crippen molar-refractivity contribution < 1.29 is 13.9 Å². The first-order chi connectivity index (χ1) is 15.5. The van der Waals surface area contributed by atoms with E-state index in [1.807, 2.05) is 52.9 Å². The van der Waals surface area contributed by atoms with Crippen LogP contribution < -0.4 is 4.74 Å². The molecule has 1 amide bonds. The second-order valence-corrected chi connectivity index (χ2v) is 8.52. The molecule has 2 aromatic carbocycles. The minimum atomic E-state index is -0.240. The Bertz CT molecular complexity index is 1210. The SMILES string of the molecule is COc1cc(/C=C2\CCCN([C@H]3CCc4ccc(F)cc43)C2=O)ccc1-n1cnc(C)c1. The molecule has 3 aromatic rings. The second-order valence-electron chi connectivity index (χ2n) is 8.52. The number of amides is 1. The fraction of sp³-hybridized carbons (Fsp3) is 0.308.